The van der Waals surface area contributed by atoms with Crippen LogP contribution in [0.3, 0.4) is 0 Å². The van der Waals surface area contributed by atoms with E-state index in [2.05, 4.69) is 34.6 Å². The number of aliphatic hydroxyl groups excluding tert-OH is 1. The first-order valence-electron chi connectivity index (χ1n) is 11.3. The molecule has 0 saturated heterocycles. The van der Waals surface area contributed by atoms with Gasteiger partial charge in [-0.05, 0) is 25.2 Å². The van der Waals surface area contributed by atoms with E-state index in [4.69, 9.17) is 10.1 Å². The summed E-state index contributed by atoms with van der Waals surface area (Å²) in [5.74, 6) is 0.455. The summed E-state index contributed by atoms with van der Waals surface area (Å²) >= 11 is 0. The van der Waals surface area contributed by atoms with Crippen molar-refractivity contribution in [2.75, 3.05) is 13.7 Å². The van der Waals surface area contributed by atoms with Crippen LogP contribution >= 0.6 is 0 Å². The van der Waals surface area contributed by atoms with Gasteiger partial charge in [-0.25, -0.2) is 0 Å². The second kappa shape index (κ2) is 20.9. The van der Waals surface area contributed by atoms with Gasteiger partial charge in [0.25, 0.3) is 0 Å². The molecule has 0 aliphatic rings. The minimum Gasteiger partial charge on any atom is -0.396 e. The zero-order chi connectivity index (χ0) is 20.2. The Hall–Kier alpha value is -0.410. The Morgan fingerprint density at radius 3 is 1.73 bits per heavy atom. The number of nitrogens with one attached hydrogen (secondary N) is 1. The van der Waals surface area contributed by atoms with Crippen LogP contribution in [0.25, 0.3) is 0 Å². The van der Waals surface area contributed by atoms with Crippen molar-refractivity contribution in [1.82, 2.24) is 0 Å². The number of ether oxygens (including phenoxy) is 1. The van der Waals surface area contributed by atoms with Gasteiger partial charge in [-0.3, -0.25) is 0 Å². The molecule has 0 aromatic heterocycles. The molecule has 3 atom stereocenters. The monoisotopic (exact) mass is 371 g/mol. The summed E-state index contributed by atoms with van der Waals surface area (Å²) in [6.45, 7) is 11.1. The van der Waals surface area contributed by atoms with E-state index in [1.165, 1.54) is 38.5 Å². The van der Waals surface area contributed by atoms with Gasteiger partial charge in [0.2, 0.25) is 0 Å². The van der Waals surface area contributed by atoms with Gasteiger partial charge >= 0.3 is 0 Å². The molecule has 0 aromatic rings. The predicted octanol–water partition coefficient (Wildman–Crippen LogP) is 7.01. The van der Waals surface area contributed by atoms with Gasteiger partial charge in [0.1, 0.15) is 0 Å². The highest BCUT2D eigenvalue weighted by Crippen LogP contribution is 2.23. The van der Waals surface area contributed by atoms with Crippen LogP contribution in [-0.2, 0) is 4.74 Å². The maximum absolute atomic E-state index is 9.26. The van der Waals surface area contributed by atoms with E-state index in [9.17, 15) is 5.11 Å². The largest absolute Gasteiger partial charge is 0.396 e. The van der Waals surface area contributed by atoms with Crippen LogP contribution in [0, 0.1) is 17.2 Å². The van der Waals surface area contributed by atoms with Crippen molar-refractivity contribution < 1.29 is 9.84 Å². The number of methoxy groups -OCH3 is 1. The molecule has 3 nitrogen and oxygen atoms in total. The lowest BCUT2D eigenvalue weighted by Gasteiger charge is -2.27. The van der Waals surface area contributed by atoms with Crippen LogP contribution < -0.4 is 0 Å². The fourth-order valence-corrected chi connectivity index (χ4v) is 3.32. The van der Waals surface area contributed by atoms with Gasteiger partial charge in [-0.15, -0.1) is 0 Å². The number of aliphatic hydroxyl groups is 1. The zero-order valence-electron chi connectivity index (χ0n) is 18.8. The molecule has 0 radical (unpaired) electrons. The van der Waals surface area contributed by atoms with Gasteiger partial charge in [0.05, 0.1) is 6.10 Å². The molecular weight excluding hydrogens is 322 g/mol. The van der Waals surface area contributed by atoms with Crippen LogP contribution in [0.5, 0.6) is 0 Å². The van der Waals surface area contributed by atoms with Crippen LogP contribution in [0.1, 0.15) is 112 Å². The molecule has 0 spiro atoms. The highest BCUT2D eigenvalue weighted by molar-refractivity contribution is 5.84. The van der Waals surface area contributed by atoms with Crippen LogP contribution in [0.4, 0.5) is 0 Å². The Kier molecular flexibility index (Phi) is 22.3. The van der Waals surface area contributed by atoms with Crippen molar-refractivity contribution in [3.8, 4) is 0 Å². The molecule has 0 aliphatic heterocycles. The first-order valence-corrected chi connectivity index (χ1v) is 11.3. The van der Waals surface area contributed by atoms with Gasteiger partial charge in [-0.2, -0.15) is 0 Å². The number of unbranched alkanes of at least 4 members (excludes halogenated alkanes) is 5. The normalized spacial score (nSPS) is 14.3. The lowest BCUT2D eigenvalue weighted by molar-refractivity contribution is 0.0627. The van der Waals surface area contributed by atoms with Crippen molar-refractivity contribution in [2.24, 2.45) is 11.8 Å². The molecule has 0 rings (SSSR count). The van der Waals surface area contributed by atoms with E-state index in [0.29, 0.717) is 6.42 Å². The Morgan fingerprint density at radius 1 is 0.846 bits per heavy atom. The third-order valence-corrected chi connectivity index (χ3v) is 5.17. The molecule has 0 fully saturated rings. The second-order valence-electron chi connectivity index (χ2n) is 7.56. The fraction of sp³-hybridized carbons (Fsp3) is 0.957. The van der Waals surface area contributed by atoms with Crippen molar-refractivity contribution in [2.45, 2.75) is 118 Å². The summed E-state index contributed by atoms with van der Waals surface area (Å²) in [4.78, 5) is 0. The summed E-state index contributed by atoms with van der Waals surface area (Å²) in [6.07, 6.45) is 14.5. The minimum atomic E-state index is 0.165. The highest BCUT2D eigenvalue weighted by Gasteiger charge is 2.25. The molecular formula is C23H49NO2. The van der Waals surface area contributed by atoms with Crippen molar-refractivity contribution in [3.05, 3.63) is 0 Å². The molecule has 3 heteroatoms. The summed E-state index contributed by atoms with van der Waals surface area (Å²) in [6, 6.07) is 0. The molecule has 0 amide bonds. The standard InChI is InChI=1S/C15H31NO2.C8H18/c1-5-8-13(15(18-4)9-6-2)14(16)10-12(7-3)11-17;1-3-5-7-8-6-4-2/h12-13,15-17H,5-11H2,1-4H3;3-8H2,1-2H3. The highest BCUT2D eigenvalue weighted by atomic mass is 16.5. The Labute approximate surface area is 164 Å². The summed E-state index contributed by atoms with van der Waals surface area (Å²) < 4.78 is 5.57. The summed E-state index contributed by atoms with van der Waals surface area (Å²) in [5.41, 5.74) is 0.762. The lowest BCUT2D eigenvalue weighted by Crippen LogP contribution is -2.31. The average Bonchev–Trinajstić information content (AvgIpc) is 2.66. The first-order chi connectivity index (χ1) is 12.6. The van der Waals surface area contributed by atoms with Crippen LogP contribution in [0.15, 0.2) is 0 Å². The lowest BCUT2D eigenvalue weighted by atomic mass is 9.84. The third kappa shape index (κ3) is 14.7. The van der Waals surface area contributed by atoms with E-state index < -0.39 is 0 Å². The molecule has 0 aliphatic carbocycles. The molecule has 2 N–H and O–H groups in total. The maximum Gasteiger partial charge on any atom is 0.0651 e. The smallest absolute Gasteiger partial charge is 0.0651 e. The number of rotatable bonds is 16. The van der Waals surface area contributed by atoms with Crippen LogP contribution in [0.2, 0.25) is 0 Å². The van der Waals surface area contributed by atoms with E-state index in [-0.39, 0.29) is 24.5 Å². The molecule has 0 aromatic carbocycles. The predicted molar refractivity (Wildman–Crippen MR) is 116 cm³/mol. The van der Waals surface area contributed by atoms with E-state index in [1.54, 1.807) is 7.11 Å². The summed E-state index contributed by atoms with van der Waals surface area (Å²) in [7, 11) is 1.75. The second-order valence-corrected chi connectivity index (χ2v) is 7.56. The van der Waals surface area contributed by atoms with Crippen molar-refractivity contribution >= 4 is 5.71 Å². The van der Waals surface area contributed by atoms with Gasteiger partial charge in [0, 0.05) is 25.3 Å². The SMILES string of the molecule is CCCC(OC)C(CCC)C(=N)CC(CC)CO.CCCCCCCC. The first kappa shape index (κ1) is 27.8. The summed E-state index contributed by atoms with van der Waals surface area (Å²) in [5, 5.41) is 17.6. The van der Waals surface area contributed by atoms with Gasteiger partial charge in [0.15, 0.2) is 0 Å². The van der Waals surface area contributed by atoms with Crippen molar-refractivity contribution in [3.63, 3.8) is 0 Å². The average molecular weight is 372 g/mol. The van der Waals surface area contributed by atoms with E-state index in [1.807, 2.05) is 0 Å². The van der Waals surface area contributed by atoms with E-state index in [0.717, 1.165) is 37.8 Å². The number of hydrogen-bond donors (Lipinski definition) is 2. The minimum absolute atomic E-state index is 0.165. The quantitative estimate of drug-likeness (QED) is 0.226. The molecule has 26 heavy (non-hydrogen) atoms. The third-order valence-electron chi connectivity index (χ3n) is 5.17. The van der Waals surface area contributed by atoms with Crippen LogP contribution in [-0.4, -0.2) is 30.6 Å². The molecule has 3 unspecified atom stereocenters. The number of hydrogen-bond acceptors (Lipinski definition) is 3. The maximum atomic E-state index is 9.26. The topological polar surface area (TPSA) is 53.3 Å². The van der Waals surface area contributed by atoms with Crippen molar-refractivity contribution in [1.29, 1.82) is 5.41 Å². The molecule has 158 valence electrons. The Bertz CT molecular complexity index is 284. The Balaban J connectivity index is 0. The fourth-order valence-electron chi connectivity index (χ4n) is 3.32. The van der Waals surface area contributed by atoms with Gasteiger partial charge in [-0.1, -0.05) is 92.4 Å². The molecule has 0 bridgehead atoms. The molecule has 0 heterocycles. The molecule has 0 saturated carbocycles. The Morgan fingerprint density at radius 2 is 1.38 bits per heavy atom. The van der Waals surface area contributed by atoms with E-state index >= 15 is 0 Å². The zero-order valence-corrected chi connectivity index (χ0v) is 18.8. The van der Waals surface area contributed by atoms with Gasteiger partial charge < -0.3 is 15.3 Å².